The minimum atomic E-state index is -0.244. The van der Waals surface area contributed by atoms with Gasteiger partial charge in [0.2, 0.25) is 0 Å². The van der Waals surface area contributed by atoms with Crippen LogP contribution >= 0.6 is 11.6 Å². The van der Waals surface area contributed by atoms with Gasteiger partial charge in [0.1, 0.15) is 11.4 Å². The first-order valence-electron chi connectivity index (χ1n) is 5.84. The molecule has 1 spiro atoms. The Bertz CT molecular complexity index is 536. The van der Waals surface area contributed by atoms with Gasteiger partial charge in [0, 0.05) is 10.6 Å². The van der Waals surface area contributed by atoms with Crippen molar-refractivity contribution in [3.63, 3.8) is 0 Å². The number of nitrogens with zero attached hydrogens (tertiary/aromatic N) is 1. The summed E-state index contributed by atoms with van der Waals surface area (Å²) in [6, 6.07) is 7.73. The van der Waals surface area contributed by atoms with E-state index in [1.807, 2.05) is 18.2 Å². The maximum absolute atomic E-state index is 9.26. The zero-order chi connectivity index (χ0) is 11.9. The van der Waals surface area contributed by atoms with Crippen LogP contribution < -0.4 is 4.74 Å². The highest BCUT2D eigenvalue weighted by Crippen LogP contribution is 2.44. The lowest BCUT2D eigenvalue weighted by Gasteiger charge is -2.32. The van der Waals surface area contributed by atoms with Crippen molar-refractivity contribution in [3.8, 4) is 11.8 Å². The topological polar surface area (TPSA) is 33.0 Å². The Hall–Kier alpha value is -1.46. The van der Waals surface area contributed by atoms with Crippen LogP contribution in [0.25, 0.3) is 5.57 Å². The van der Waals surface area contributed by atoms with Crippen LogP contribution in [0.15, 0.2) is 24.3 Å². The predicted molar refractivity (Wildman–Crippen MR) is 66.9 cm³/mol. The summed E-state index contributed by atoms with van der Waals surface area (Å²) in [5, 5.41) is 9.89. The van der Waals surface area contributed by atoms with Crippen LogP contribution in [0.4, 0.5) is 0 Å². The highest BCUT2D eigenvalue weighted by molar-refractivity contribution is 6.30. The van der Waals surface area contributed by atoms with Crippen molar-refractivity contribution >= 4 is 17.2 Å². The predicted octanol–water partition coefficient (Wildman–Crippen LogP) is 3.95. The van der Waals surface area contributed by atoms with Gasteiger partial charge in [-0.15, -0.1) is 0 Å². The number of allylic oxidation sites excluding steroid dienone is 1. The van der Waals surface area contributed by atoms with Gasteiger partial charge in [-0.3, -0.25) is 0 Å². The molecular formula is C14H12ClNO. The molecule has 0 saturated heterocycles. The fourth-order valence-corrected chi connectivity index (χ4v) is 2.88. The van der Waals surface area contributed by atoms with Gasteiger partial charge < -0.3 is 4.74 Å². The number of nitriles is 1. The fraction of sp³-hybridized carbons (Fsp3) is 0.357. The molecular weight excluding hydrogens is 234 g/mol. The molecule has 1 aromatic carbocycles. The van der Waals surface area contributed by atoms with Crippen LogP contribution in [-0.2, 0) is 0 Å². The van der Waals surface area contributed by atoms with E-state index in [1.54, 1.807) is 6.07 Å². The van der Waals surface area contributed by atoms with Gasteiger partial charge in [-0.25, -0.2) is 0 Å². The molecule has 2 nitrogen and oxygen atoms in total. The summed E-state index contributed by atoms with van der Waals surface area (Å²) in [5.41, 5.74) is 1.26. The molecule has 17 heavy (non-hydrogen) atoms. The van der Waals surface area contributed by atoms with Crippen molar-refractivity contribution in [2.75, 3.05) is 0 Å². The van der Waals surface area contributed by atoms with Crippen molar-refractivity contribution < 1.29 is 4.74 Å². The molecule has 0 N–H and O–H groups in total. The molecule has 1 aliphatic heterocycles. The largest absolute Gasteiger partial charge is 0.482 e. The van der Waals surface area contributed by atoms with E-state index in [-0.39, 0.29) is 5.60 Å². The lowest BCUT2D eigenvalue weighted by atomic mass is 9.92. The van der Waals surface area contributed by atoms with Crippen molar-refractivity contribution in [1.29, 1.82) is 5.26 Å². The maximum Gasteiger partial charge on any atom is 0.129 e. The highest BCUT2D eigenvalue weighted by atomic mass is 35.5. The molecule has 3 rings (SSSR count). The molecule has 3 heteroatoms. The zero-order valence-electron chi connectivity index (χ0n) is 9.37. The average molecular weight is 246 g/mol. The maximum atomic E-state index is 9.26. The first kappa shape index (κ1) is 10.7. The molecule has 1 fully saturated rings. The quantitative estimate of drug-likeness (QED) is 0.693. The summed E-state index contributed by atoms with van der Waals surface area (Å²) < 4.78 is 6.08. The molecule has 0 unspecified atom stereocenters. The Labute approximate surface area is 105 Å². The van der Waals surface area contributed by atoms with E-state index < -0.39 is 0 Å². The summed E-state index contributed by atoms with van der Waals surface area (Å²) in [5.74, 6) is 0.787. The fourth-order valence-electron chi connectivity index (χ4n) is 2.70. The van der Waals surface area contributed by atoms with E-state index in [1.165, 1.54) is 0 Å². The van der Waals surface area contributed by atoms with Crippen molar-refractivity contribution in [2.45, 2.75) is 31.3 Å². The number of benzene rings is 1. The van der Waals surface area contributed by atoms with E-state index >= 15 is 0 Å². The summed E-state index contributed by atoms with van der Waals surface area (Å²) >= 11 is 5.96. The second-order valence-corrected chi connectivity index (χ2v) is 5.12. The average Bonchev–Trinajstić information content (AvgIpc) is 2.77. The zero-order valence-corrected chi connectivity index (χ0v) is 10.1. The Balaban J connectivity index is 2.13. The lowest BCUT2D eigenvalue weighted by Crippen LogP contribution is -2.33. The van der Waals surface area contributed by atoms with Crippen LogP contribution in [-0.4, -0.2) is 5.60 Å². The monoisotopic (exact) mass is 245 g/mol. The van der Waals surface area contributed by atoms with Gasteiger partial charge in [-0.1, -0.05) is 11.6 Å². The molecule has 0 aromatic heterocycles. The van der Waals surface area contributed by atoms with Crippen LogP contribution in [0.1, 0.15) is 31.2 Å². The number of ether oxygens (including phenoxy) is 1. The molecule has 1 aromatic rings. The van der Waals surface area contributed by atoms with Gasteiger partial charge >= 0.3 is 0 Å². The molecule has 2 aliphatic rings. The smallest absolute Gasteiger partial charge is 0.129 e. The second kappa shape index (κ2) is 3.78. The Kier molecular flexibility index (Phi) is 2.38. The van der Waals surface area contributed by atoms with E-state index in [4.69, 9.17) is 16.3 Å². The van der Waals surface area contributed by atoms with Crippen LogP contribution in [0, 0.1) is 11.3 Å². The summed E-state index contributed by atoms with van der Waals surface area (Å²) in [6.07, 6.45) is 6.31. The number of rotatable bonds is 0. The summed E-state index contributed by atoms with van der Waals surface area (Å²) in [4.78, 5) is 0. The second-order valence-electron chi connectivity index (χ2n) is 4.68. The molecule has 0 amide bonds. The first-order valence-corrected chi connectivity index (χ1v) is 6.22. The molecule has 86 valence electrons. The number of hydrogen-bond donors (Lipinski definition) is 0. The standard InChI is InChI=1S/C14H12ClNO/c15-11-3-4-13-12(7-11)10(9-16)8-14(17-13)5-1-2-6-14/h3-4,7-8H,1-2,5-6H2. The minimum absolute atomic E-state index is 0.244. The third kappa shape index (κ3) is 1.71. The van der Waals surface area contributed by atoms with Gasteiger partial charge in [-0.05, 0) is 50.0 Å². The highest BCUT2D eigenvalue weighted by Gasteiger charge is 2.38. The summed E-state index contributed by atoms with van der Waals surface area (Å²) in [7, 11) is 0. The Morgan fingerprint density at radius 3 is 2.76 bits per heavy atom. The SMILES string of the molecule is N#CC1=CC2(CCCC2)Oc2ccc(Cl)cc21. The molecule has 0 bridgehead atoms. The van der Waals surface area contributed by atoms with Gasteiger partial charge in [0.15, 0.2) is 0 Å². The van der Waals surface area contributed by atoms with Crippen molar-refractivity contribution in [3.05, 3.63) is 34.9 Å². The van der Waals surface area contributed by atoms with Crippen molar-refractivity contribution in [2.24, 2.45) is 0 Å². The molecule has 1 saturated carbocycles. The first-order chi connectivity index (χ1) is 8.22. The van der Waals surface area contributed by atoms with E-state index in [2.05, 4.69) is 6.07 Å². The molecule has 1 heterocycles. The van der Waals surface area contributed by atoms with E-state index in [0.29, 0.717) is 10.6 Å². The van der Waals surface area contributed by atoms with Crippen LogP contribution in [0.2, 0.25) is 5.02 Å². The Morgan fingerprint density at radius 2 is 2.06 bits per heavy atom. The third-order valence-electron chi connectivity index (χ3n) is 3.52. The van der Waals surface area contributed by atoms with Crippen molar-refractivity contribution in [1.82, 2.24) is 0 Å². The van der Waals surface area contributed by atoms with Gasteiger partial charge in [-0.2, -0.15) is 5.26 Å². The minimum Gasteiger partial charge on any atom is -0.482 e. The van der Waals surface area contributed by atoms with Crippen LogP contribution in [0.3, 0.4) is 0 Å². The van der Waals surface area contributed by atoms with Crippen LogP contribution in [0.5, 0.6) is 5.75 Å². The number of hydrogen-bond acceptors (Lipinski definition) is 2. The van der Waals surface area contributed by atoms with E-state index in [9.17, 15) is 5.26 Å². The third-order valence-corrected chi connectivity index (χ3v) is 3.76. The molecule has 0 radical (unpaired) electrons. The van der Waals surface area contributed by atoms with Gasteiger partial charge in [0.25, 0.3) is 0 Å². The Morgan fingerprint density at radius 1 is 1.29 bits per heavy atom. The number of fused-ring (bicyclic) bond motifs is 1. The normalized spacial score (nSPS) is 20.4. The van der Waals surface area contributed by atoms with Gasteiger partial charge in [0.05, 0.1) is 11.6 Å². The molecule has 1 aliphatic carbocycles. The summed E-state index contributed by atoms with van der Waals surface area (Å²) in [6.45, 7) is 0. The number of halogens is 1. The lowest BCUT2D eigenvalue weighted by molar-refractivity contribution is 0.125. The molecule has 0 atom stereocenters. The van der Waals surface area contributed by atoms with E-state index in [0.717, 1.165) is 37.0 Å².